The van der Waals surface area contributed by atoms with Gasteiger partial charge in [0.1, 0.15) is 12.4 Å². The largest absolute Gasteiger partial charge is 0.467 e. The quantitative estimate of drug-likeness (QED) is 0.777. The van der Waals surface area contributed by atoms with Crippen LogP contribution in [-0.2, 0) is 17.9 Å². The molecule has 1 saturated carbocycles. The minimum absolute atomic E-state index is 0.612. The Morgan fingerprint density at radius 2 is 2.10 bits per heavy atom. The van der Waals surface area contributed by atoms with E-state index in [4.69, 9.17) is 9.15 Å². The molecule has 0 saturated heterocycles. The Morgan fingerprint density at radius 1 is 1.30 bits per heavy atom. The van der Waals surface area contributed by atoms with Crippen LogP contribution in [0.5, 0.6) is 0 Å². The van der Waals surface area contributed by atoms with Crippen molar-refractivity contribution in [3.05, 3.63) is 23.7 Å². The highest BCUT2D eigenvalue weighted by atomic mass is 16.5. The molecule has 2 rings (SSSR count). The normalized spacial score (nSPS) is 16.9. The maximum absolute atomic E-state index is 5.80. The van der Waals surface area contributed by atoms with E-state index in [9.17, 15) is 0 Å². The van der Waals surface area contributed by atoms with Crippen LogP contribution in [0.2, 0.25) is 0 Å². The summed E-state index contributed by atoms with van der Waals surface area (Å²) in [6.45, 7) is 7.85. The fraction of sp³-hybridized carbons (Fsp3) is 0.765. The van der Waals surface area contributed by atoms with Crippen LogP contribution in [0, 0.1) is 11.8 Å². The summed E-state index contributed by atoms with van der Waals surface area (Å²) >= 11 is 0. The van der Waals surface area contributed by atoms with E-state index in [-0.39, 0.29) is 0 Å². The van der Waals surface area contributed by atoms with Gasteiger partial charge < -0.3 is 14.5 Å². The van der Waals surface area contributed by atoms with Gasteiger partial charge in [-0.3, -0.25) is 0 Å². The monoisotopic (exact) mass is 279 g/mol. The zero-order chi connectivity index (χ0) is 14.2. The summed E-state index contributed by atoms with van der Waals surface area (Å²) < 4.78 is 11.3. The van der Waals surface area contributed by atoms with Crippen molar-refractivity contribution in [2.45, 2.75) is 59.1 Å². The minimum atomic E-state index is 0.612. The van der Waals surface area contributed by atoms with Crippen molar-refractivity contribution in [3.63, 3.8) is 0 Å². The fourth-order valence-corrected chi connectivity index (χ4v) is 2.78. The molecule has 1 aliphatic carbocycles. The van der Waals surface area contributed by atoms with Crippen LogP contribution in [-0.4, -0.2) is 13.2 Å². The Balaban J connectivity index is 1.62. The van der Waals surface area contributed by atoms with Crippen LogP contribution in [0.15, 0.2) is 16.7 Å². The zero-order valence-corrected chi connectivity index (χ0v) is 13.0. The Kier molecular flexibility index (Phi) is 6.61. The predicted octanol–water partition coefficient (Wildman–Crippen LogP) is 4.12. The topological polar surface area (TPSA) is 34.4 Å². The van der Waals surface area contributed by atoms with Crippen molar-refractivity contribution < 1.29 is 9.15 Å². The summed E-state index contributed by atoms with van der Waals surface area (Å²) in [5, 5.41) is 3.42. The van der Waals surface area contributed by atoms with E-state index in [1.165, 1.54) is 37.7 Å². The molecule has 1 N–H and O–H groups in total. The number of hydrogen-bond donors (Lipinski definition) is 1. The number of ether oxygens (including phenoxy) is 1. The second kappa shape index (κ2) is 8.48. The summed E-state index contributed by atoms with van der Waals surface area (Å²) in [6.07, 6.45) is 8.67. The van der Waals surface area contributed by atoms with Gasteiger partial charge in [-0.25, -0.2) is 0 Å². The highest BCUT2D eigenvalue weighted by molar-refractivity contribution is 5.12. The molecule has 0 radical (unpaired) electrons. The SMILES string of the molecule is CC(C)CNCc1coc(COCC2CCCCC2)c1. The molecule has 0 spiro atoms. The van der Waals surface area contributed by atoms with Crippen molar-refractivity contribution in [2.24, 2.45) is 11.8 Å². The summed E-state index contributed by atoms with van der Waals surface area (Å²) in [6, 6.07) is 2.11. The van der Waals surface area contributed by atoms with Crippen LogP contribution >= 0.6 is 0 Å². The number of hydrogen-bond acceptors (Lipinski definition) is 3. The van der Waals surface area contributed by atoms with Gasteiger partial charge in [0.2, 0.25) is 0 Å². The highest BCUT2D eigenvalue weighted by Gasteiger charge is 2.13. The van der Waals surface area contributed by atoms with Gasteiger partial charge in [0.15, 0.2) is 0 Å². The standard InChI is InChI=1S/C17H29NO2/c1-14(2)9-18-10-16-8-17(20-12-16)13-19-11-15-6-4-3-5-7-15/h8,12,14-15,18H,3-7,9-11,13H2,1-2H3. The first-order valence-corrected chi connectivity index (χ1v) is 8.09. The Labute approximate surface area is 123 Å². The molecule has 1 aromatic rings. The Morgan fingerprint density at radius 3 is 2.85 bits per heavy atom. The maximum atomic E-state index is 5.80. The number of nitrogens with one attached hydrogen (secondary N) is 1. The molecule has 3 nitrogen and oxygen atoms in total. The first kappa shape index (κ1) is 15.6. The summed E-state index contributed by atoms with van der Waals surface area (Å²) in [4.78, 5) is 0. The van der Waals surface area contributed by atoms with E-state index in [0.717, 1.165) is 31.4 Å². The smallest absolute Gasteiger partial charge is 0.129 e. The van der Waals surface area contributed by atoms with Gasteiger partial charge in [0.25, 0.3) is 0 Å². The van der Waals surface area contributed by atoms with E-state index in [1.54, 1.807) is 0 Å². The van der Waals surface area contributed by atoms with Gasteiger partial charge in [-0.05, 0) is 37.3 Å². The zero-order valence-electron chi connectivity index (χ0n) is 13.0. The van der Waals surface area contributed by atoms with E-state index in [1.807, 2.05) is 6.26 Å². The fourth-order valence-electron chi connectivity index (χ4n) is 2.78. The summed E-state index contributed by atoms with van der Waals surface area (Å²) in [7, 11) is 0. The van der Waals surface area contributed by atoms with Crippen LogP contribution in [0.4, 0.5) is 0 Å². The molecule has 20 heavy (non-hydrogen) atoms. The lowest BCUT2D eigenvalue weighted by molar-refractivity contribution is 0.0637. The van der Waals surface area contributed by atoms with Gasteiger partial charge >= 0.3 is 0 Å². The lowest BCUT2D eigenvalue weighted by Gasteiger charge is -2.20. The second-order valence-corrected chi connectivity index (χ2v) is 6.47. The molecule has 114 valence electrons. The van der Waals surface area contributed by atoms with E-state index >= 15 is 0 Å². The molecule has 0 unspecified atom stereocenters. The molecule has 1 heterocycles. The van der Waals surface area contributed by atoms with E-state index in [0.29, 0.717) is 12.5 Å². The molecule has 0 aliphatic heterocycles. The average Bonchev–Trinajstić information content (AvgIpc) is 2.87. The van der Waals surface area contributed by atoms with Crippen LogP contribution in [0.3, 0.4) is 0 Å². The van der Waals surface area contributed by atoms with E-state index < -0.39 is 0 Å². The van der Waals surface area contributed by atoms with Crippen molar-refractivity contribution in [2.75, 3.05) is 13.2 Å². The first-order chi connectivity index (χ1) is 9.74. The molecule has 3 heteroatoms. The van der Waals surface area contributed by atoms with Crippen molar-refractivity contribution >= 4 is 0 Å². The number of rotatable bonds is 8. The Bertz CT molecular complexity index is 367. The minimum Gasteiger partial charge on any atom is -0.467 e. The molecule has 0 bridgehead atoms. The van der Waals surface area contributed by atoms with Gasteiger partial charge in [-0.2, -0.15) is 0 Å². The van der Waals surface area contributed by atoms with Crippen LogP contribution in [0.1, 0.15) is 57.3 Å². The van der Waals surface area contributed by atoms with Crippen molar-refractivity contribution in [3.8, 4) is 0 Å². The van der Waals surface area contributed by atoms with Gasteiger partial charge in [-0.1, -0.05) is 33.1 Å². The molecule has 0 aromatic carbocycles. The third-order valence-corrected chi connectivity index (χ3v) is 3.91. The molecule has 1 fully saturated rings. The second-order valence-electron chi connectivity index (χ2n) is 6.47. The van der Waals surface area contributed by atoms with Gasteiger partial charge in [0, 0.05) is 18.7 Å². The van der Waals surface area contributed by atoms with Gasteiger partial charge in [-0.15, -0.1) is 0 Å². The van der Waals surface area contributed by atoms with Crippen LogP contribution < -0.4 is 5.32 Å². The molecule has 0 atom stereocenters. The lowest BCUT2D eigenvalue weighted by Crippen LogP contribution is -2.18. The third-order valence-electron chi connectivity index (χ3n) is 3.91. The van der Waals surface area contributed by atoms with Crippen LogP contribution in [0.25, 0.3) is 0 Å². The molecule has 1 aromatic heterocycles. The maximum Gasteiger partial charge on any atom is 0.129 e. The molecular weight excluding hydrogens is 250 g/mol. The average molecular weight is 279 g/mol. The highest BCUT2D eigenvalue weighted by Crippen LogP contribution is 2.24. The summed E-state index contributed by atoms with van der Waals surface area (Å²) in [5.74, 6) is 2.40. The Hall–Kier alpha value is -0.800. The summed E-state index contributed by atoms with van der Waals surface area (Å²) in [5.41, 5.74) is 1.21. The van der Waals surface area contributed by atoms with Gasteiger partial charge in [0.05, 0.1) is 6.26 Å². The van der Waals surface area contributed by atoms with E-state index in [2.05, 4.69) is 25.2 Å². The van der Waals surface area contributed by atoms with Crippen molar-refractivity contribution in [1.29, 1.82) is 0 Å². The third kappa shape index (κ3) is 5.68. The molecule has 1 aliphatic rings. The molecular formula is C17H29NO2. The first-order valence-electron chi connectivity index (χ1n) is 8.09. The predicted molar refractivity (Wildman–Crippen MR) is 81.5 cm³/mol. The number of furan rings is 1. The van der Waals surface area contributed by atoms with Crippen molar-refractivity contribution in [1.82, 2.24) is 5.32 Å². The molecule has 0 amide bonds. The lowest BCUT2D eigenvalue weighted by atomic mass is 9.90.